The molecule has 0 bridgehead atoms. The van der Waals surface area contributed by atoms with E-state index in [0.717, 1.165) is 15.2 Å². The highest BCUT2D eigenvalue weighted by Crippen LogP contribution is 2.29. The van der Waals surface area contributed by atoms with Crippen molar-refractivity contribution in [3.63, 3.8) is 0 Å². The van der Waals surface area contributed by atoms with Crippen LogP contribution in [0.25, 0.3) is 10.7 Å². The molecule has 0 aliphatic carbocycles. The highest BCUT2D eigenvalue weighted by atomic mass is 79.9. The molecule has 0 saturated heterocycles. The van der Waals surface area contributed by atoms with E-state index >= 15 is 0 Å². The minimum atomic E-state index is -0.230. The van der Waals surface area contributed by atoms with Crippen molar-refractivity contribution in [3.8, 4) is 10.7 Å². The third kappa shape index (κ3) is 3.60. The second kappa shape index (κ2) is 6.78. The van der Waals surface area contributed by atoms with Gasteiger partial charge in [0, 0.05) is 10.7 Å². The van der Waals surface area contributed by atoms with Crippen molar-refractivity contribution in [2.75, 3.05) is 5.32 Å². The molecule has 23 heavy (non-hydrogen) atoms. The van der Waals surface area contributed by atoms with Crippen molar-refractivity contribution in [1.82, 2.24) is 9.97 Å². The molecule has 0 atom stereocenters. The third-order valence-electron chi connectivity index (χ3n) is 3.07. The zero-order valence-corrected chi connectivity index (χ0v) is 15.2. The van der Waals surface area contributed by atoms with E-state index < -0.39 is 0 Å². The summed E-state index contributed by atoms with van der Waals surface area (Å²) < 4.78 is 0.854. The Hall–Kier alpha value is -1.76. The quantitative estimate of drug-likeness (QED) is 0.649. The predicted octanol–water partition coefficient (Wildman–Crippen LogP) is 5.18. The molecule has 0 radical (unpaired) electrons. The van der Waals surface area contributed by atoms with E-state index in [-0.39, 0.29) is 5.91 Å². The summed E-state index contributed by atoms with van der Waals surface area (Å²) in [6.07, 6.45) is 1.70. The van der Waals surface area contributed by atoms with Crippen molar-refractivity contribution in [1.29, 1.82) is 0 Å². The Morgan fingerprint density at radius 2 is 2.13 bits per heavy atom. The predicted molar refractivity (Wildman–Crippen MR) is 97.2 cm³/mol. The first-order valence-corrected chi connectivity index (χ1v) is 8.68. The minimum absolute atomic E-state index is 0.230. The van der Waals surface area contributed by atoms with Gasteiger partial charge in [-0.15, -0.1) is 11.3 Å². The van der Waals surface area contributed by atoms with Gasteiger partial charge in [-0.25, -0.2) is 4.98 Å². The highest BCUT2D eigenvalue weighted by molar-refractivity contribution is 9.10. The smallest absolute Gasteiger partial charge is 0.267 e. The maximum Gasteiger partial charge on any atom is 0.267 e. The van der Waals surface area contributed by atoms with Crippen LogP contribution in [0.3, 0.4) is 0 Å². The van der Waals surface area contributed by atoms with Crippen LogP contribution in [0, 0.1) is 6.92 Å². The van der Waals surface area contributed by atoms with Crippen LogP contribution in [0.4, 0.5) is 5.69 Å². The number of amides is 1. The fraction of sp³-hybridized carbons (Fsp3) is 0.0625. The molecule has 7 heteroatoms. The van der Waals surface area contributed by atoms with Crippen LogP contribution in [0.5, 0.6) is 0 Å². The summed E-state index contributed by atoms with van der Waals surface area (Å²) in [5.41, 5.74) is 1.98. The summed E-state index contributed by atoms with van der Waals surface area (Å²) in [5, 5.41) is 4.01. The molecule has 2 aromatic heterocycles. The molecule has 0 fully saturated rings. The molecule has 0 aliphatic heterocycles. The van der Waals surface area contributed by atoms with Gasteiger partial charge in [0.2, 0.25) is 0 Å². The van der Waals surface area contributed by atoms with Crippen molar-refractivity contribution < 1.29 is 4.79 Å². The summed E-state index contributed by atoms with van der Waals surface area (Å²) in [6.45, 7) is 1.81. The number of rotatable bonds is 3. The Morgan fingerprint density at radius 1 is 1.30 bits per heavy atom. The number of halogens is 2. The number of benzene rings is 1. The Kier molecular flexibility index (Phi) is 4.75. The van der Waals surface area contributed by atoms with Gasteiger partial charge in [0.25, 0.3) is 5.91 Å². The number of carbonyl (C=O) groups is 1. The molecule has 0 unspecified atom stereocenters. The molecule has 0 saturated carbocycles. The standard InChI is InChI=1S/C16H11BrClN3OS/c1-9-14(23-16(20-9)13-4-2-3-7-19-13)15(22)21-12-6-5-10(17)8-11(12)18/h2-8H,1H3,(H,21,22). The number of nitrogens with one attached hydrogen (secondary N) is 1. The maximum absolute atomic E-state index is 12.5. The van der Waals surface area contributed by atoms with Gasteiger partial charge in [-0.2, -0.15) is 0 Å². The van der Waals surface area contributed by atoms with Gasteiger partial charge in [-0.1, -0.05) is 33.6 Å². The zero-order valence-electron chi connectivity index (χ0n) is 12.0. The lowest BCUT2D eigenvalue weighted by Crippen LogP contribution is -2.11. The minimum Gasteiger partial charge on any atom is -0.320 e. The number of aromatic nitrogens is 2. The lowest BCUT2D eigenvalue weighted by atomic mass is 10.3. The van der Waals surface area contributed by atoms with Crippen molar-refractivity contribution in [2.24, 2.45) is 0 Å². The zero-order chi connectivity index (χ0) is 16.4. The number of carbonyl (C=O) groups excluding carboxylic acids is 1. The number of anilines is 1. The molecule has 0 aliphatic rings. The van der Waals surface area contributed by atoms with E-state index in [2.05, 4.69) is 31.2 Å². The average molecular weight is 409 g/mol. The number of nitrogens with zero attached hydrogens (tertiary/aromatic N) is 2. The number of pyridine rings is 1. The second-order valence-electron chi connectivity index (χ2n) is 4.73. The van der Waals surface area contributed by atoms with Crippen molar-refractivity contribution in [3.05, 3.63) is 62.7 Å². The Morgan fingerprint density at radius 3 is 2.83 bits per heavy atom. The number of aryl methyl sites for hydroxylation is 1. The van der Waals surface area contributed by atoms with E-state index in [0.29, 0.717) is 21.3 Å². The first-order valence-electron chi connectivity index (χ1n) is 6.70. The fourth-order valence-corrected chi connectivity index (χ4v) is 3.63. The average Bonchev–Trinajstić information content (AvgIpc) is 2.93. The van der Waals surface area contributed by atoms with Crippen LogP contribution >= 0.6 is 38.9 Å². The van der Waals surface area contributed by atoms with Crippen LogP contribution in [0.1, 0.15) is 15.4 Å². The summed E-state index contributed by atoms with van der Waals surface area (Å²) in [5.74, 6) is -0.230. The molecule has 2 heterocycles. The first kappa shape index (κ1) is 16.1. The van der Waals surface area contributed by atoms with E-state index in [1.165, 1.54) is 11.3 Å². The summed E-state index contributed by atoms with van der Waals surface area (Å²) >= 11 is 10.8. The molecular formula is C16H11BrClN3OS. The van der Waals surface area contributed by atoms with E-state index in [9.17, 15) is 4.79 Å². The molecule has 0 spiro atoms. The van der Waals surface area contributed by atoms with Crippen molar-refractivity contribution >= 4 is 50.5 Å². The Balaban J connectivity index is 1.87. The largest absolute Gasteiger partial charge is 0.320 e. The van der Waals surface area contributed by atoms with Gasteiger partial charge in [0.05, 0.1) is 22.1 Å². The molecule has 1 N–H and O–H groups in total. The van der Waals surface area contributed by atoms with Gasteiger partial charge in [-0.05, 0) is 37.3 Å². The van der Waals surface area contributed by atoms with E-state index in [1.54, 1.807) is 25.3 Å². The lowest BCUT2D eigenvalue weighted by molar-refractivity contribution is 0.103. The number of hydrogen-bond donors (Lipinski definition) is 1. The van der Waals surface area contributed by atoms with Gasteiger partial charge in [-0.3, -0.25) is 9.78 Å². The normalized spacial score (nSPS) is 10.6. The lowest BCUT2D eigenvalue weighted by Gasteiger charge is -2.06. The number of thiazole rings is 1. The van der Waals surface area contributed by atoms with Gasteiger partial charge in [0.15, 0.2) is 0 Å². The van der Waals surface area contributed by atoms with Crippen LogP contribution in [-0.4, -0.2) is 15.9 Å². The third-order valence-corrected chi connectivity index (χ3v) is 5.05. The molecule has 4 nitrogen and oxygen atoms in total. The molecule has 1 aromatic carbocycles. The summed E-state index contributed by atoms with van der Waals surface area (Å²) in [4.78, 5) is 21.7. The maximum atomic E-state index is 12.5. The van der Waals surface area contributed by atoms with Gasteiger partial charge >= 0.3 is 0 Å². The van der Waals surface area contributed by atoms with E-state index in [4.69, 9.17) is 11.6 Å². The Bertz CT molecular complexity index is 867. The van der Waals surface area contributed by atoms with Crippen LogP contribution < -0.4 is 5.32 Å². The topological polar surface area (TPSA) is 54.9 Å². The van der Waals surface area contributed by atoms with Crippen LogP contribution in [-0.2, 0) is 0 Å². The highest BCUT2D eigenvalue weighted by Gasteiger charge is 2.17. The Labute approximate surface area is 150 Å². The van der Waals surface area contributed by atoms with Crippen LogP contribution in [0.2, 0.25) is 5.02 Å². The summed E-state index contributed by atoms with van der Waals surface area (Å²) in [6, 6.07) is 10.9. The fourth-order valence-electron chi connectivity index (χ4n) is 1.98. The monoisotopic (exact) mass is 407 g/mol. The number of hydrogen-bond acceptors (Lipinski definition) is 4. The molecular weight excluding hydrogens is 398 g/mol. The molecule has 3 aromatic rings. The molecule has 116 valence electrons. The van der Waals surface area contributed by atoms with Crippen LogP contribution in [0.15, 0.2) is 47.1 Å². The van der Waals surface area contributed by atoms with Gasteiger partial charge < -0.3 is 5.32 Å². The molecule has 3 rings (SSSR count). The van der Waals surface area contributed by atoms with Crippen molar-refractivity contribution in [2.45, 2.75) is 6.92 Å². The summed E-state index contributed by atoms with van der Waals surface area (Å²) in [7, 11) is 0. The second-order valence-corrected chi connectivity index (χ2v) is 7.05. The van der Waals surface area contributed by atoms with Gasteiger partial charge in [0.1, 0.15) is 9.88 Å². The van der Waals surface area contributed by atoms with E-state index in [1.807, 2.05) is 24.3 Å². The SMILES string of the molecule is Cc1nc(-c2ccccn2)sc1C(=O)Nc1ccc(Br)cc1Cl. The first-order chi connectivity index (χ1) is 11.0. The molecule has 1 amide bonds.